The molecule has 4 rings (SSSR count). The van der Waals surface area contributed by atoms with E-state index in [0.29, 0.717) is 6.04 Å². The fourth-order valence-electron chi connectivity index (χ4n) is 3.91. The van der Waals surface area contributed by atoms with E-state index < -0.39 is 0 Å². The summed E-state index contributed by atoms with van der Waals surface area (Å²) in [5.74, 6) is 0.891. The zero-order chi connectivity index (χ0) is 18.6. The van der Waals surface area contributed by atoms with Crippen LogP contribution in [0.3, 0.4) is 0 Å². The molecule has 0 radical (unpaired) electrons. The van der Waals surface area contributed by atoms with Crippen LogP contribution in [0.5, 0.6) is 5.75 Å². The number of methoxy groups -OCH3 is 1. The van der Waals surface area contributed by atoms with Crippen molar-refractivity contribution in [2.45, 2.75) is 31.8 Å². The highest BCUT2D eigenvalue weighted by molar-refractivity contribution is 5.31. The minimum atomic E-state index is 0.385. The van der Waals surface area contributed by atoms with E-state index in [1.54, 1.807) is 7.11 Å². The Hall–Kier alpha value is -2.66. The Bertz CT molecular complexity index is 905. The SMILES string of the molecule is COc1cccc(Cc2cccc(C3CCCN3Cc3cnn(C)c3)n2)c1. The number of hydrogen-bond donors (Lipinski definition) is 0. The van der Waals surface area contributed by atoms with Crippen molar-refractivity contribution in [3.8, 4) is 5.75 Å². The summed E-state index contributed by atoms with van der Waals surface area (Å²) < 4.78 is 7.20. The monoisotopic (exact) mass is 362 g/mol. The average Bonchev–Trinajstić information content (AvgIpc) is 3.31. The van der Waals surface area contributed by atoms with E-state index in [2.05, 4.69) is 46.5 Å². The number of benzene rings is 1. The Morgan fingerprint density at radius 3 is 2.85 bits per heavy atom. The Labute approximate surface area is 160 Å². The largest absolute Gasteiger partial charge is 0.497 e. The van der Waals surface area contributed by atoms with Crippen LogP contribution in [-0.2, 0) is 20.0 Å². The van der Waals surface area contributed by atoms with E-state index in [9.17, 15) is 0 Å². The topological polar surface area (TPSA) is 43.2 Å². The molecule has 1 fully saturated rings. The van der Waals surface area contributed by atoms with Gasteiger partial charge in [0, 0.05) is 37.5 Å². The maximum atomic E-state index is 5.34. The van der Waals surface area contributed by atoms with Crippen molar-refractivity contribution in [1.29, 1.82) is 0 Å². The van der Waals surface area contributed by atoms with Crippen LogP contribution in [0.4, 0.5) is 0 Å². The third kappa shape index (κ3) is 4.19. The van der Waals surface area contributed by atoms with E-state index in [0.717, 1.165) is 37.4 Å². The molecule has 5 nitrogen and oxygen atoms in total. The van der Waals surface area contributed by atoms with Crippen LogP contribution in [0, 0.1) is 0 Å². The lowest BCUT2D eigenvalue weighted by atomic mass is 10.1. The molecule has 1 aromatic carbocycles. The lowest BCUT2D eigenvalue weighted by Crippen LogP contribution is -2.23. The second-order valence-electron chi connectivity index (χ2n) is 7.23. The molecular formula is C22H26N4O. The number of aromatic nitrogens is 3. The van der Waals surface area contributed by atoms with Gasteiger partial charge >= 0.3 is 0 Å². The third-order valence-corrected chi connectivity index (χ3v) is 5.20. The molecule has 1 saturated heterocycles. The highest BCUT2D eigenvalue weighted by Crippen LogP contribution is 2.32. The van der Waals surface area contributed by atoms with Crippen molar-refractivity contribution in [3.63, 3.8) is 0 Å². The van der Waals surface area contributed by atoms with Crippen LogP contribution in [0.15, 0.2) is 54.9 Å². The molecule has 1 aliphatic heterocycles. The quantitative estimate of drug-likeness (QED) is 0.670. The summed E-state index contributed by atoms with van der Waals surface area (Å²) >= 11 is 0. The Morgan fingerprint density at radius 1 is 1.15 bits per heavy atom. The molecule has 27 heavy (non-hydrogen) atoms. The van der Waals surface area contributed by atoms with Crippen molar-refractivity contribution in [3.05, 3.63) is 77.4 Å². The molecule has 2 aromatic heterocycles. The molecule has 1 unspecified atom stereocenters. The number of hydrogen-bond acceptors (Lipinski definition) is 4. The molecule has 3 heterocycles. The minimum Gasteiger partial charge on any atom is -0.497 e. The maximum Gasteiger partial charge on any atom is 0.119 e. The van der Waals surface area contributed by atoms with E-state index in [1.807, 2.05) is 30.1 Å². The normalized spacial score (nSPS) is 17.3. The fraction of sp³-hybridized carbons (Fsp3) is 0.364. The number of rotatable bonds is 6. The molecule has 0 aliphatic carbocycles. The van der Waals surface area contributed by atoms with Gasteiger partial charge in [-0.05, 0) is 49.2 Å². The van der Waals surface area contributed by atoms with E-state index in [1.165, 1.54) is 23.2 Å². The Kier molecular flexibility index (Phi) is 5.21. The van der Waals surface area contributed by atoms with Crippen LogP contribution in [0.25, 0.3) is 0 Å². The molecule has 140 valence electrons. The molecule has 0 saturated carbocycles. The molecule has 0 bridgehead atoms. The van der Waals surface area contributed by atoms with Gasteiger partial charge in [-0.1, -0.05) is 18.2 Å². The Morgan fingerprint density at radius 2 is 2.04 bits per heavy atom. The molecule has 1 aliphatic rings. The molecule has 0 N–H and O–H groups in total. The van der Waals surface area contributed by atoms with Gasteiger partial charge < -0.3 is 4.74 Å². The summed E-state index contributed by atoms with van der Waals surface area (Å²) in [5, 5.41) is 4.30. The van der Waals surface area contributed by atoms with E-state index in [-0.39, 0.29) is 0 Å². The van der Waals surface area contributed by atoms with Crippen molar-refractivity contribution in [2.24, 2.45) is 7.05 Å². The van der Waals surface area contributed by atoms with Crippen LogP contribution in [-0.4, -0.2) is 33.3 Å². The van der Waals surface area contributed by atoms with Crippen LogP contribution in [0.2, 0.25) is 0 Å². The zero-order valence-electron chi connectivity index (χ0n) is 16.0. The number of likely N-dealkylation sites (tertiary alicyclic amines) is 1. The van der Waals surface area contributed by atoms with Gasteiger partial charge in [0.1, 0.15) is 5.75 Å². The maximum absolute atomic E-state index is 5.34. The van der Waals surface area contributed by atoms with Crippen molar-refractivity contribution in [2.75, 3.05) is 13.7 Å². The zero-order valence-corrected chi connectivity index (χ0v) is 16.0. The molecule has 0 amide bonds. The van der Waals surface area contributed by atoms with Gasteiger partial charge in [0.15, 0.2) is 0 Å². The van der Waals surface area contributed by atoms with Gasteiger partial charge in [0.25, 0.3) is 0 Å². The van der Waals surface area contributed by atoms with Crippen molar-refractivity contribution in [1.82, 2.24) is 19.7 Å². The van der Waals surface area contributed by atoms with Gasteiger partial charge in [-0.15, -0.1) is 0 Å². The lowest BCUT2D eigenvalue weighted by Gasteiger charge is -2.23. The van der Waals surface area contributed by atoms with Gasteiger partial charge in [-0.3, -0.25) is 14.6 Å². The third-order valence-electron chi connectivity index (χ3n) is 5.20. The van der Waals surface area contributed by atoms with Gasteiger partial charge in [-0.25, -0.2) is 0 Å². The van der Waals surface area contributed by atoms with Gasteiger partial charge in [0.05, 0.1) is 25.0 Å². The average molecular weight is 362 g/mol. The highest BCUT2D eigenvalue weighted by Gasteiger charge is 2.27. The van der Waals surface area contributed by atoms with E-state index in [4.69, 9.17) is 9.72 Å². The Balaban J connectivity index is 1.50. The fourth-order valence-corrected chi connectivity index (χ4v) is 3.91. The number of ether oxygens (including phenoxy) is 1. The van der Waals surface area contributed by atoms with Gasteiger partial charge in [0.2, 0.25) is 0 Å². The van der Waals surface area contributed by atoms with Crippen LogP contribution < -0.4 is 4.74 Å². The standard InChI is InChI=1S/C22H26N4O/c1-25-15-18(14-23-25)16-26-11-5-10-22(26)21-9-4-7-19(24-21)12-17-6-3-8-20(13-17)27-2/h3-4,6-9,13-15,22H,5,10-12,16H2,1-2H3. The predicted octanol–water partition coefficient (Wildman–Crippen LogP) is 3.75. The minimum absolute atomic E-state index is 0.385. The highest BCUT2D eigenvalue weighted by atomic mass is 16.5. The van der Waals surface area contributed by atoms with Gasteiger partial charge in [-0.2, -0.15) is 5.10 Å². The summed E-state index contributed by atoms with van der Waals surface area (Å²) in [6.45, 7) is 2.04. The summed E-state index contributed by atoms with van der Waals surface area (Å²) in [4.78, 5) is 7.52. The molecule has 0 spiro atoms. The van der Waals surface area contributed by atoms with Crippen molar-refractivity contribution < 1.29 is 4.74 Å². The number of pyridine rings is 1. The summed E-state index contributed by atoms with van der Waals surface area (Å²) in [6, 6.07) is 15.0. The van der Waals surface area contributed by atoms with Crippen molar-refractivity contribution >= 4 is 0 Å². The number of aryl methyl sites for hydroxylation is 1. The lowest BCUT2D eigenvalue weighted by molar-refractivity contribution is 0.244. The van der Waals surface area contributed by atoms with E-state index >= 15 is 0 Å². The van der Waals surface area contributed by atoms with Crippen LogP contribution in [0.1, 0.15) is 41.4 Å². The first kappa shape index (κ1) is 17.7. The molecule has 1 atom stereocenters. The van der Waals surface area contributed by atoms with Crippen LogP contribution >= 0.6 is 0 Å². The first-order valence-corrected chi connectivity index (χ1v) is 9.51. The predicted molar refractivity (Wildman–Crippen MR) is 106 cm³/mol. The second-order valence-corrected chi connectivity index (χ2v) is 7.23. The molecule has 5 heteroatoms. The molecular weight excluding hydrogens is 336 g/mol. The smallest absolute Gasteiger partial charge is 0.119 e. The second kappa shape index (κ2) is 7.92. The summed E-state index contributed by atoms with van der Waals surface area (Å²) in [5.41, 5.74) is 4.76. The first-order chi connectivity index (χ1) is 13.2. The number of nitrogens with zero attached hydrogens (tertiary/aromatic N) is 4. The summed E-state index contributed by atoms with van der Waals surface area (Å²) in [6.07, 6.45) is 7.26. The molecule has 3 aromatic rings. The first-order valence-electron chi connectivity index (χ1n) is 9.51. The summed E-state index contributed by atoms with van der Waals surface area (Å²) in [7, 11) is 3.67.